The molecule has 0 aromatic heterocycles. The summed E-state index contributed by atoms with van der Waals surface area (Å²) in [4.78, 5) is 25.7. The van der Waals surface area contributed by atoms with Crippen LogP contribution in [0.25, 0.3) is 0 Å². The Balaban J connectivity index is 2.25. The van der Waals surface area contributed by atoms with Crippen molar-refractivity contribution in [2.75, 3.05) is 19.6 Å². The van der Waals surface area contributed by atoms with Crippen molar-refractivity contribution in [3.8, 4) is 0 Å². The third-order valence-corrected chi connectivity index (χ3v) is 6.92. The Hall–Kier alpha value is -1.93. The number of amides is 1. The molecule has 144 valence electrons. The average molecular weight is 382 g/mol. The standard InChI is InChI=1S/C18H26N2O5S/c1-4-19(5-2)26(24,25)15-8-6-14(7-9-15)17(21)20-11-10-13(3)12-16(20)18(22)23/h6-9,13,16H,4-5,10-12H2,1-3H3,(H,22,23). The van der Waals surface area contributed by atoms with Crippen LogP contribution in [-0.4, -0.2) is 60.3 Å². The summed E-state index contributed by atoms with van der Waals surface area (Å²) in [7, 11) is -3.59. The fraction of sp³-hybridized carbons (Fsp3) is 0.556. The second-order valence-electron chi connectivity index (χ2n) is 6.60. The number of carbonyl (C=O) groups excluding carboxylic acids is 1. The zero-order valence-corrected chi connectivity index (χ0v) is 16.2. The average Bonchev–Trinajstić information content (AvgIpc) is 2.62. The first-order valence-corrected chi connectivity index (χ1v) is 10.3. The summed E-state index contributed by atoms with van der Waals surface area (Å²) < 4.78 is 26.4. The first-order valence-electron chi connectivity index (χ1n) is 8.86. The number of likely N-dealkylation sites (tertiary alicyclic amines) is 1. The Kier molecular flexibility index (Phi) is 6.41. The van der Waals surface area contributed by atoms with Crippen molar-refractivity contribution in [2.24, 2.45) is 5.92 Å². The van der Waals surface area contributed by atoms with E-state index in [9.17, 15) is 23.1 Å². The van der Waals surface area contributed by atoms with Gasteiger partial charge in [0.05, 0.1) is 4.90 Å². The highest BCUT2D eigenvalue weighted by molar-refractivity contribution is 7.89. The first kappa shape index (κ1) is 20.4. The number of rotatable bonds is 6. The molecular weight excluding hydrogens is 356 g/mol. The van der Waals surface area contributed by atoms with Gasteiger partial charge in [0.1, 0.15) is 6.04 Å². The van der Waals surface area contributed by atoms with Crippen molar-refractivity contribution in [3.63, 3.8) is 0 Å². The number of carboxylic acids is 1. The molecule has 1 aliphatic rings. The minimum Gasteiger partial charge on any atom is -0.480 e. The van der Waals surface area contributed by atoms with Crippen LogP contribution in [0.4, 0.5) is 0 Å². The van der Waals surface area contributed by atoms with Crippen LogP contribution in [0.1, 0.15) is 44.0 Å². The smallest absolute Gasteiger partial charge is 0.326 e. The van der Waals surface area contributed by atoms with Gasteiger partial charge in [0.2, 0.25) is 10.0 Å². The quantitative estimate of drug-likeness (QED) is 0.812. The number of aliphatic carboxylic acids is 1. The van der Waals surface area contributed by atoms with E-state index in [2.05, 4.69) is 0 Å². The predicted molar refractivity (Wildman–Crippen MR) is 97.4 cm³/mol. The molecule has 1 aromatic carbocycles. The van der Waals surface area contributed by atoms with Crippen molar-refractivity contribution < 1.29 is 23.1 Å². The van der Waals surface area contributed by atoms with Gasteiger partial charge in [-0.05, 0) is 43.0 Å². The number of benzene rings is 1. The van der Waals surface area contributed by atoms with Gasteiger partial charge in [0, 0.05) is 25.2 Å². The van der Waals surface area contributed by atoms with Gasteiger partial charge in [0.15, 0.2) is 0 Å². The van der Waals surface area contributed by atoms with E-state index in [-0.39, 0.29) is 16.7 Å². The van der Waals surface area contributed by atoms with Crippen LogP contribution in [0.2, 0.25) is 0 Å². The Labute approximate surface area is 154 Å². The zero-order chi connectivity index (χ0) is 19.5. The fourth-order valence-electron chi connectivity index (χ4n) is 3.27. The summed E-state index contributed by atoms with van der Waals surface area (Å²) in [5, 5.41) is 9.41. The molecule has 1 aliphatic heterocycles. The van der Waals surface area contributed by atoms with Crippen molar-refractivity contribution in [1.82, 2.24) is 9.21 Å². The third kappa shape index (κ3) is 4.07. The lowest BCUT2D eigenvalue weighted by atomic mass is 9.92. The molecule has 7 nitrogen and oxygen atoms in total. The van der Waals surface area contributed by atoms with Crippen LogP contribution >= 0.6 is 0 Å². The van der Waals surface area contributed by atoms with Crippen molar-refractivity contribution in [3.05, 3.63) is 29.8 Å². The first-order chi connectivity index (χ1) is 12.2. The molecule has 0 radical (unpaired) electrons. The summed E-state index contributed by atoms with van der Waals surface area (Å²) in [5.41, 5.74) is 0.296. The molecule has 0 bridgehead atoms. The minimum atomic E-state index is -3.59. The molecule has 1 aromatic rings. The highest BCUT2D eigenvalue weighted by Crippen LogP contribution is 2.25. The maximum Gasteiger partial charge on any atom is 0.326 e. The molecular formula is C18H26N2O5S. The van der Waals surface area contributed by atoms with Gasteiger partial charge in [-0.2, -0.15) is 4.31 Å². The predicted octanol–water partition coefficient (Wildman–Crippen LogP) is 2.04. The molecule has 2 atom stereocenters. The van der Waals surface area contributed by atoms with E-state index in [1.807, 2.05) is 6.92 Å². The Bertz CT molecular complexity index is 756. The van der Waals surface area contributed by atoms with E-state index >= 15 is 0 Å². The number of nitrogens with zero attached hydrogens (tertiary/aromatic N) is 2. The number of piperidine rings is 1. The largest absolute Gasteiger partial charge is 0.480 e. The van der Waals surface area contributed by atoms with Crippen LogP contribution in [0.15, 0.2) is 29.2 Å². The lowest BCUT2D eigenvalue weighted by molar-refractivity contribution is -0.144. The molecule has 8 heteroatoms. The summed E-state index contributed by atoms with van der Waals surface area (Å²) >= 11 is 0. The van der Waals surface area contributed by atoms with Crippen LogP contribution < -0.4 is 0 Å². The highest BCUT2D eigenvalue weighted by atomic mass is 32.2. The van der Waals surface area contributed by atoms with E-state index in [0.29, 0.717) is 31.6 Å². The normalized spacial score (nSPS) is 21.0. The second kappa shape index (κ2) is 8.18. The van der Waals surface area contributed by atoms with Gasteiger partial charge in [-0.3, -0.25) is 4.79 Å². The SMILES string of the molecule is CCN(CC)S(=O)(=O)c1ccc(C(=O)N2CCC(C)CC2C(=O)O)cc1. The highest BCUT2D eigenvalue weighted by Gasteiger charge is 2.35. The molecule has 0 aliphatic carbocycles. The van der Waals surface area contributed by atoms with E-state index in [0.717, 1.165) is 6.42 Å². The Morgan fingerprint density at radius 3 is 2.27 bits per heavy atom. The van der Waals surface area contributed by atoms with Crippen LogP contribution in [0, 0.1) is 5.92 Å². The van der Waals surface area contributed by atoms with Crippen molar-refractivity contribution in [1.29, 1.82) is 0 Å². The van der Waals surface area contributed by atoms with Gasteiger partial charge in [0.25, 0.3) is 5.91 Å². The number of carbonyl (C=O) groups is 2. The maximum absolute atomic E-state index is 12.7. The number of hydrogen-bond donors (Lipinski definition) is 1. The molecule has 0 spiro atoms. The lowest BCUT2D eigenvalue weighted by Gasteiger charge is -2.36. The third-order valence-electron chi connectivity index (χ3n) is 4.86. The monoisotopic (exact) mass is 382 g/mol. The molecule has 1 amide bonds. The molecule has 26 heavy (non-hydrogen) atoms. The maximum atomic E-state index is 12.7. The van der Waals surface area contributed by atoms with Gasteiger partial charge in [-0.15, -0.1) is 0 Å². The Morgan fingerprint density at radius 2 is 1.77 bits per heavy atom. The van der Waals surface area contributed by atoms with Crippen LogP contribution in [0.5, 0.6) is 0 Å². The van der Waals surface area contributed by atoms with E-state index in [1.54, 1.807) is 13.8 Å². The van der Waals surface area contributed by atoms with E-state index < -0.39 is 22.0 Å². The molecule has 0 saturated carbocycles. The molecule has 2 rings (SSSR count). The molecule has 1 fully saturated rings. The van der Waals surface area contributed by atoms with Crippen molar-refractivity contribution in [2.45, 2.75) is 44.6 Å². The summed E-state index contributed by atoms with van der Waals surface area (Å²) in [5.74, 6) is -1.14. The van der Waals surface area contributed by atoms with Gasteiger partial charge in [-0.1, -0.05) is 20.8 Å². The molecule has 1 saturated heterocycles. The van der Waals surface area contributed by atoms with Gasteiger partial charge >= 0.3 is 5.97 Å². The van der Waals surface area contributed by atoms with Crippen LogP contribution in [0.3, 0.4) is 0 Å². The number of carboxylic acid groups (broad SMARTS) is 1. The molecule has 1 heterocycles. The number of hydrogen-bond acceptors (Lipinski definition) is 4. The molecule has 2 unspecified atom stereocenters. The fourth-order valence-corrected chi connectivity index (χ4v) is 4.72. The summed E-state index contributed by atoms with van der Waals surface area (Å²) in [6, 6.07) is 4.88. The molecule has 1 N–H and O–H groups in total. The topological polar surface area (TPSA) is 95.0 Å². The lowest BCUT2D eigenvalue weighted by Crippen LogP contribution is -2.49. The zero-order valence-electron chi connectivity index (χ0n) is 15.4. The Morgan fingerprint density at radius 1 is 1.19 bits per heavy atom. The number of sulfonamides is 1. The van der Waals surface area contributed by atoms with Crippen molar-refractivity contribution >= 4 is 21.9 Å². The second-order valence-corrected chi connectivity index (χ2v) is 8.53. The van der Waals surface area contributed by atoms with E-state index in [4.69, 9.17) is 0 Å². The minimum absolute atomic E-state index is 0.125. The summed E-state index contributed by atoms with van der Waals surface area (Å²) in [6.45, 7) is 6.63. The van der Waals surface area contributed by atoms with E-state index in [1.165, 1.54) is 33.5 Å². The summed E-state index contributed by atoms with van der Waals surface area (Å²) in [6.07, 6.45) is 1.18. The van der Waals surface area contributed by atoms with Gasteiger partial charge < -0.3 is 10.0 Å². The van der Waals surface area contributed by atoms with Crippen LogP contribution in [-0.2, 0) is 14.8 Å². The van der Waals surface area contributed by atoms with Gasteiger partial charge in [-0.25, -0.2) is 13.2 Å².